The van der Waals surface area contributed by atoms with Crippen LogP contribution in [0.15, 0.2) is 0 Å². The third kappa shape index (κ3) is 4.17. The van der Waals surface area contributed by atoms with Gasteiger partial charge in [-0.25, -0.2) is 4.79 Å². The van der Waals surface area contributed by atoms with Crippen LogP contribution in [0, 0.1) is 0 Å². The van der Waals surface area contributed by atoms with Gasteiger partial charge in [0, 0.05) is 19.0 Å². The largest absolute Gasteiger partial charge is 0.419 e. The minimum absolute atomic E-state index is 0.0862. The maximum Gasteiger partial charge on any atom is 0.419 e. The first-order chi connectivity index (χ1) is 8.69. The number of nitrogens with zero attached hydrogens (tertiary/aromatic N) is 1. The van der Waals surface area contributed by atoms with Crippen molar-refractivity contribution in [2.75, 3.05) is 25.1 Å². The number of aliphatic hydroxyl groups is 1. The Labute approximate surface area is 114 Å². The van der Waals surface area contributed by atoms with Crippen molar-refractivity contribution >= 4 is 17.8 Å². The van der Waals surface area contributed by atoms with Crippen molar-refractivity contribution in [3.05, 3.63) is 0 Å². The van der Waals surface area contributed by atoms with E-state index in [2.05, 4.69) is 5.32 Å². The first kappa shape index (κ1) is 16.4. The molecular formula is C11H19F3N2O2S. The molecule has 2 atom stereocenters. The lowest BCUT2D eigenvalue weighted by Gasteiger charge is -2.26. The highest BCUT2D eigenvalue weighted by molar-refractivity contribution is 7.98. The number of carbonyl (C=O) groups is 1. The van der Waals surface area contributed by atoms with E-state index < -0.39 is 30.8 Å². The van der Waals surface area contributed by atoms with Crippen LogP contribution in [0.4, 0.5) is 18.0 Å². The summed E-state index contributed by atoms with van der Waals surface area (Å²) in [7, 11) is 0. The molecule has 0 aromatic carbocycles. The van der Waals surface area contributed by atoms with Gasteiger partial charge in [-0.15, -0.1) is 0 Å². The summed E-state index contributed by atoms with van der Waals surface area (Å²) < 4.78 is 37.8. The molecule has 8 heteroatoms. The van der Waals surface area contributed by atoms with Crippen LogP contribution in [0.5, 0.6) is 0 Å². The highest BCUT2D eigenvalue weighted by atomic mass is 32.2. The summed E-state index contributed by atoms with van der Waals surface area (Å²) in [5, 5.41) is 12.1. The lowest BCUT2D eigenvalue weighted by molar-refractivity contribution is -0.253. The van der Waals surface area contributed by atoms with E-state index in [1.807, 2.05) is 6.26 Å². The van der Waals surface area contributed by atoms with E-state index in [9.17, 15) is 23.1 Å². The lowest BCUT2D eigenvalue weighted by Crippen LogP contribution is -2.50. The fourth-order valence-corrected chi connectivity index (χ4v) is 2.46. The number of β-amino-alcohol motifs (C(OH)–C–C–N with tert-alkyl or cyclic N) is 1. The Kier molecular flexibility index (Phi) is 5.37. The van der Waals surface area contributed by atoms with Gasteiger partial charge < -0.3 is 15.3 Å². The highest BCUT2D eigenvalue weighted by Gasteiger charge is 2.57. The SMILES string of the molecule is CSCC[C@H](C)NC(=O)N1CC[C@@](O)(C(F)(F)F)C1. The molecule has 1 rings (SSSR count). The van der Waals surface area contributed by atoms with Crippen molar-refractivity contribution < 1.29 is 23.1 Å². The lowest BCUT2D eigenvalue weighted by atomic mass is 10.0. The molecule has 0 aromatic heterocycles. The third-order valence-corrected chi connectivity index (χ3v) is 3.83. The Morgan fingerprint density at radius 3 is 2.68 bits per heavy atom. The summed E-state index contributed by atoms with van der Waals surface area (Å²) in [4.78, 5) is 12.8. The second-order valence-corrected chi connectivity index (χ2v) is 5.82. The maximum atomic E-state index is 12.6. The average molecular weight is 300 g/mol. The Hall–Kier alpha value is -0.630. The Balaban J connectivity index is 2.48. The van der Waals surface area contributed by atoms with E-state index in [4.69, 9.17) is 0 Å². The summed E-state index contributed by atoms with van der Waals surface area (Å²) >= 11 is 1.64. The molecule has 0 spiro atoms. The number of rotatable bonds is 4. The summed E-state index contributed by atoms with van der Waals surface area (Å²) in [6, 6.07) is -0.645. The number of nitrogens with one attached hydrogen (secondary N) is 1. The number of urea groups is 1. The zero-order valence-corrected chi connectivity index (χ0v) is 11.8. The molecule has 2 amide bonds. The van der Waals surface area contributed by atoms with Gasteiger partial charge in [-0.05, 0) is 25.4 Å². The van der Waals surface area contributed by atoms with Gasteiger partial charge in [-0.2, -0.15) is 24.9 Å². The Morgan fingerprint density at radius 1 is 1.58 bits per heavy atom. The van der Waals surface area contributed by atoms with E-state index in [1.54, 1.807) is 18.7 Å². The molecule has 2 N–H and O–H groups in total. The molecule has 0 bridgehead atoms. The van der Waals surface area contributed by atoms with Crippen molar-refractivity contribution in [1.82, 2.24) is 10.2 Å². The van der Waals surface area contributed by atoms with Gasteiger partial charge in [0.15, 0.2) is 5.60 Å². The van der Waals surface area contributed by atoms with Crippen molar-refractivity contribution in [3.63, 3.8) is 0 Å². The minimum atomic E-state index is -4.70. The fraction of sp³-hybridized carbons (Fsp3) is 0.909. The smallest absolute Gasteiger partial charge is 0.379 e. The zero-order valence-electron chi connectivity index (χ0n) is 11.0. The van der Waals surface area contributed by atoms with Gasteiger partial charge in [0.05, 0.1) is 6.54 Å². The first-order valence-corrected chi connectivity index (χ1v) is 7.42. The van der Waals surface area contributed by atoms with Gasteiger partial charge in [0.25, 0.3) is 0 Å². The van der Waals surface area contributed by atoms with Crippen LogP contribution in [-0.4, -0.2) is 59.0 Å². The number of halogens is 3. The van der Waals surface area contributed by atoms with Gasteiger partial charge in [0.1, 0.15) is 0 Å². The normalized spacial score (nSPS) is 25.5. The van der Waals surface area contributed by atoms with Crippen molar-refractivity contribution in [2.24, 2.45) is 0 Å². The summed E-state index contributed by atoms with van der Waals surface area (Å²) in [6.45, 7) is 1.02. The molecule has 1 aliphatic rings. The molecule has 1 saturated heterocycles. The molecule has 1 aliphatic heterocycles. The summed E-state index contributed by atoms with van der Waals surface area (Å²) in [5.41, 5.74) is -2.77. The summed E-state index contributed by atoms with van der Waals surface area (Å²) in [6.07, 6.45) is -2.47. The van der Waals surface area contributed by atoms with E-state index in [-0.39, 0.29) is 12.6 Å². The number of alkyl halides is 3. The predicted octanol–water partition coefficient (Wildman–Crippen LogP) is 1.84. The predicted molar refractivity (Wildman–Crippen MR) is 68.2 cm³/mol. The van der Waals surface area contributed by atoms with Crippen LogP contribution in [0.25, 0.3) is 0 Å². The number of hydrogen-bond acceptors (Lipinski definition) is 3. The van der Waals surface area contributed by atoms with Crippen molar-refractivity contribution in [2.45, 2.75) is 37.6 Å². The molecular weight excluding hydrogens is 281 g/mol. The van der Waals surface area contributed by atoms with Crippen LogP contribution in [0.2, 0.25) is 0 Å². The van der Waals surface area contributed by atoms with Crippen LogP contribution in [0.1, 0.15) is 19.8 Å². The van der Waals surface area contributed by atoms with E-state index in [0.717, 1.165) is 17.1 Å². The van der Waals surface area contributed by atoms with Crippen LogP contribution < -0.4 is 5.32 Å². The molecule has 0 aliphatic carbocycles. The van der Waals surface area contributed by atoms with E-state index >= 15 is 0 Å². The standard InChI is InChI=1S/C11H19F3N2O2S/c1-8(3-6-19-2)15-9(17)16-5-4-10(18,7-16)11(12,13)14/h8,18H,3-7H2,1-2H3,(H,15,17)/t8-,10-/m0/s1. The van der Waals surface area contributed by atoms with Gasteiger partial charge in [0.2, 0.25) is 0 Å². The number of thioether (sulfide) groups is 1. The fourth-order valence-electron chi connectivity index (χ4n) is 1.87. The van der Waals surface area contributed by atoms with Gasteiger partial charge >= 0.3 is 12.2 Å². The van der Waals surface area contributed by atoms with Gasteiger partial charge in [-0.3, -0.25) is 0 Å². The van der Waals surface area contributed by atoms with E-state index in [1.165, 1.54) is 0 Å². The average Bonchev–Trinajstić information content (AvgIpc) is 2.70. The molecule has 112 valence electrons. The maximum absolute atomic E-state index is 12.6. The molecule has 0 unspecified atom stereocenters. The van der Waals surface area contributed by atoms with Crippen LogP contribution in [-0.2, 0) is 0 Å². The molecule has 1 fully saturated rings. The van der Waals surface area contributed by atoms with Crippen LogP contribution >= 0.6 is 11.8 Å². The van der Waals surface area contributed by atoms with Crippen LogP contribution in [0.3, 0.4) is 0 Å². The second-order valence-electron chi connectivity index (χ2n) is 4.83. The first-order valence-electron chi connectivity index (χ1n) is 6.03. The molecule has 0 aromatic rings. The quantitative estimate of drug-likeness (QED) is 0.833. The van der Waals surface area contributed by atoms with Crippen molar-refractivity contribution in [3.8, 4) is 0 Å². The summed E-state index contributed by atoms with van der Waals surface area (Å²) in [5.74, 6) is 0.869. The molecule has 1 heterocycles. The van der Waals surface area contributed by atoms with Crippen molar-refractivity contribution in [1.29, 1.82) is 0 Å². The molecule has 19 heavy (non-hydrogen) atoms. The number of likely N-dealkylation sites (tertiary alicyclic amines) is 1. The topological polar surface area (TPSA) is 52.6 Å². The van der Waals surface area contributed by atoms with Gasteiger partial charge in [-0.1, -0.05) is 0 Å². The Morgan fingerprint density at radius 2 is 2.21 bits per heavy atom. The highest BCUT2D eigenvalue weighted by Crippen LogP contribution is 2.37. The number of hydrogen-bond donors (Lipinski definition) is 2. The zero-order chi connectivity index (χ0) is 14.7. The monoisotopic (exact) mass is 300 g/mol. The Bertz CT molecular complexity index is 328. The number of carbonyl (C=O) groups excluding carboxylic acids is 1. The minimum Gasteiger partial charge on any atom is -0.379 e. The third-order valence-electron chi connectivity index (χ3n) is 3.19. The molecule has 0 radical (unpaired) electrons. The van der Waals surface area contributed by atoms with E-state index in [0.29, 0.717) is 0 Å². The molecule has 4 nitrogen and oxygen atoms in total. The second kappa shape index (κ2) is 6.21. The number of amides is 2. The molecule has 0 saturated carbocycles.